The van der Waals surface area contributed by atoms with E-state index < -0.39 is 34.1 Å². The van der Waals surface area contributed by atoms with Crippen molar-refractivity contribution >= 4 is 55.5 Å². The lowest BCUT2D eigenvalue weighted by Gasteiger charge is -2.17. The standard InChI is InChI=1S/C26H27N7O5S2/c27-26(28)30-11-3-7-20(23(35)24-29-12-14-39-24)31-22(34)16-33-13-4-8-21(25(33)36)32-40(37,38)19-10-9-17-5-1-2-6-18(17)15-19/h1-2,4-6,8-10,12-15,20,32H,3,7,11,16H2,(H,31,34)(H4,27,28,30)/t20-/m0/s1. The van der Waals surface area contributed by atoms with Gasteiger partial charge < -0.3 is 21.4 Å². The summed E-state index contributed by atoms with van der Waals surface area (Å²) < 4.78 is 29.4. The molecule has 0 bridgehead atoms. The van der Waals surface area contributed by atoms with Gasteiger partial charge in [0.1, 0.15) is 12.2 Å². The van der Waals surface area contributed by atoms with Gasteiger partial charge in [-0.05, 0) is 47.9 Å². The first-order valence-electron chi connectivity index (χ1n) is 12.1. The number of carbonyl (C=O) groups is 2. The number of nitrogens with two attached hydrogens (primary N) is 2. The Hall–Kier alpha value is -4.56. The Balaban J connectivity index is 1.48. The smallest absolute Gasteiger partial charge is 0.275 e. The maximum absolute atomic E-state index is 13.0. The van der Waals surface area contributed by atoms with Gasteiger partial charge in [-0.2, -0.15) is 0 Å². The Morgan fingerprint density at radius 3 is 2.58 bits per heavy atom. The molecule has 14 heteroatoms. The van der Waals surface area contributed by atoms with Crippen molar-refractivity contribution in [3.63, 3.8) is 0 Å². The number of anilines is 1. The fourth-order valence-corrected chi connectivity index (χ4v) is 5.66. The number of benzene rings is 2. The highest BCUT2D eigenvalue weighted by atomic mass is 32.2. The van der Waals surface area contributed by atoms with E-state index in [1.165, 1.54) is 36.7 Å². The summed E-state index contributed by atoms with van der Waals surface area (Å²) in [7, 11) is -4.09. The first-order valence-corrected chi connectivity index (χ1v) is 14.5. The number of carbonyl (C=O) groups excluding carboxylic acids is 2. The van der Waals surface area contributed by atoms with E-state index in [-0.39, 0.29) is 40.3 Å². The van der Waals surface area contributed by atoms with E-state index in [9.17, 15) is 22.8 Å². The van der Waals surface area contributed by atoms with Gasteiger partial charge in [-0.15, -0.1) is 11.3 Å². The molecule has 2 aromatic heterocycles. The molecule has 0 fully saturated rings. The zero-order valence-corrected chi connectivity index (χ0v) is 22.8. The van der Waals surface area contributed by atoms with Crippen LogP contribution in [0.3, 0.4) is 0 Å². The number of fused-ring (bicyclic) bond motifs is 1. The van der Waals surface area contributed by atoms with E-state index in [1.54, 1.807) is 23.6 Å². The molecule has 4 rings (SSSR count). The molecule has 0 aliphatic carbocycles. The van der Waals surface area contributed by atoms with Crippen LogP contribution in [-0.4, -0.2) is 48.2 Å². The maximum atomic E-state index is 13.0. The van der Waals surface area contributed by atoms with Crippen LogP contribution in [0.15, 0.2) is 87.1 Å². The molecule has 0 saturated carbocycles. The Bertz CT molecular complexity index is 1710. The van der Waals surface area contributed by atoms with Gasteiger partial charge in [0, 0.05) is 24.3 Å². The van der Waals surface area contributed by atoms with E-state index in [0.717, 1.165) is 26.7 Å². The number of ketones is 1. The van der Waals surface area contributed by atoms with Crippen LogP contribution >= 0.6 is 11.3 Å². The molecular formula is C26H27N7O5S2. The molecular weight excluding hydrogens is 554 g/mol. The number of hydrogen-bond acceptors (Lipinski definition) is 8. The van der Waals surface area contributed by atoms with Crippen LogP contribution in [0.5, 0.6) is 0 Å². The largest absolute Gasteiger partial charge is 0.370 e. The van der Waals surface area contributed by atoms with Crippen molar-refractivity contribution in [2.24, 2.45) is 16.5 Å². The summed E-state index contributed by atoms with van der Waals surface area (Å²) >= 11 is 1.14. The topological polar surface area (TPSA) is 192 Å². The van der Waals surface area contributed by atoms with Crippen LogP contribution in [0, 0.1) is 0 Å². The lowest BCUT2D eigenvalue weighted by atomic mass is 10.1. The Labute approximate surface area is 233 Å². The monoisotopic (exact) mass is 581 g/mol. The minimum Gasteiger partial charge on any atom is -0.370 e. The molecule has 0 unspecified atom stereocenters. The SMILES string of the molecule is NC(N)=NCCC[C@H](NC(=O)Cn1cccc(NS(=O)(=O)c2ccc3ccccc3c2)c1=O)C(=O)c1nccs1. The van der Waals surface area contributed by atoms with Crippen molar-refractivity contribution in [1.82, 2.24) is 14.9 Å². The van der Waals surface area contributed by atoms with Crippen molar-refractivity contribution < 1.29 is 18.0 Å². The van der Waals surface area contributed by atoms with Crippen LogP contribution in [0.1, 0.15) is 22.6 Å². The molecule has 0 aliphatic rings. The Morgan fingerprint density at radius 1 is 1.07 bits per heavy atom. The second-order valence-electron chi connectivity index (χ2n) is 8.74. The number of amides is 1. The number of Topliss-reactive ketones (excluding diaryl/α,β-unsaturated/α-hetero) is 1. The van der Waals surface area contributed by atoms with Gasteiger partial charge in [-0.3, -0.25) is 24.1 Å². The van der Waals surface area contributed by atoms with Crippen LogP contribution in [0.2, 0.25) is 0 Å². The summed E-state index contributed by atoms with van der Waals surface area (Å²) in [6.07, 6.45) is 3.49. The van der Waals surface area contributed by atoms with Gasteiger partial charge in [0.2, 0.25) is 11.7 Å². The van der Waals surface area contributed by atoms with Crippen LogP contribution in [-0.2, 0) is 21.4 Å². The van der Waals surface area contributed by atoms with Crippen molar-refractivity contribution in [1.29, 1.82) is 0 Å². The van der Waals surface area contributed by atoms with E-state index in [4.69, 9.17) is 11.5 Å². The zero-order valence-electron chi connectivity index (χ0n) is 21.2. The maximum Gasteiger partial charge on any atom is 0.275 e. The van der Waals surface area contributed by atoms with E-state index in [1.807, 2.05) is 12.1 Å². The van der Waals surface area contributed by atoms with Crippen molar-refractivity contribution in [2.45, 2.75) is 30.3 Å². The number of aliphatic imine (C=N–C) groups is 1. The zero-order chi connectivity index (χ0) is 28.7. The van der Waals surface area contributed by atoms with E-state index >= 15 is 0 Å². The lowest BCUT2D eigenvalue weighted by molar-refractivity contribution is -0.122. The Morgan fingerprint density at radius 2 is 1.85 bits per heavy atom. The number of hydrogen-bond donors (Lipinski definition) is 4. The molecule has 40 heavy (non-hydrogen) atoms. The molecule has 1 amide bonds. The molecule has 0 spiro atoms. The normalized spacial score (nSPS) is 12.0. The van der Waals surface area contributed by atoms with E-state index in [0.29, 0.717) is 6.42 Å². The molecule has 12 nitrogen and oxygen atoms in total. The van der Waals surface area contributed by atoms with Crippen molar-refractivity contribution in [3.05, 3.63) is 87.7 Å². The van der Waals surface area contributed by atoms with Gasteiger partial charge in [0.25, 0.3) is 15.6 Å². The van der Waals surface area contributed by atoms with Gasteiger partial charge in [0.05, 0.1) is 10.9 Å². The number of rotatable bonds is 12. The molecule has 4 aromatic rings. The third-order valence-corrected chi connectivity index (χ3v) is 8.00. The quantitative estimate of drug-likeness (QED) is 0.0840. The summed E-state index contributed by atoms with van der Waals surface area (Å²) in [5.74, 6) is -1.08. The summed E-state index contributed by atoms with van der Waals surface area (Å²) in [5, 5.41) is 6.13. The summed E-state index contributed by atoms with van der Waals surface area (Å²) in [4.78, 5) is 46.7. The second-order valence-corrected chi connectivity index (χ2v) is 11.3. The number of sulfonamides is 1. The highest BCUT2D eigenvalue weighted by Gasteiger charge is 2.24. The number of aromatic nitrogens is 2. The van der Waals surface area contributed by atoms with Gasteiger partial charge in [-0.25, -0.2) is 13.4 Å². The highest BCUT2D eigenvalue weighted by molar-refractivity contribution is 7.92. The van der Waals surface area contributed by atoms with Crippen LogP contribution in [0.4, 0.5) is 5.69 Å². The van der Waals surface area contributed by atoms with Gasteiger partial charge in [-0.1, -0.05) is 30.3 Å². The number of nitrogens with one attached hydrogen (secondary N) is 2. The molecule has 0 aliphatic heterocycles. The summed E-state index contributed by atoms with van der Waals surface area (Å²) in [6.45, 7) is -0.182. The first kappa shape index (κ1) is 28.4. The minimum atomic E-state index is -4.09. The number of guanidine groups is 1. The Kier molecular flexibility index (Phi) is 8.91. The minimum absolute atomic E-state index is 0.0111. The van der Waals surface area contributed by atoms with Crippen LogP contribution < -0.4 is 27.1 Å². The number of thiazole rings is 1. The van der Waals surface area contributed by atoms with Crippen molar-refractivity contribution in [3.8, 4) is 0 Å². The predicted octanol–water partition coefficient (Wildman–Crippen LogP) is 1.68. The second kappa shape index (κ2) is 12.5. The molecule has 0 saturated heterocycles. The molecule has 2 heterocycles. The molecule has 208 valence electrons. The fraction of sp³-hybridized carbons (Fsp3) is 0.192. The summed E-state index contributed by atoms with van der Waals surface area (Å²) in [6, 6.07) is 13.8. The highest BCUT2D eigenvalue weighted by Crippen LogP contribution is 2.20. The number of pyridine rings is 1. The van der Waals surface area contributed by atoms with Gasteiger partial charge in [0.15, 0.2) is 11.0 Å². The number of nitrogens with zero attached hydrogens (tertiary/aromatic N) is 3. The molecule has 6 N–H and O–H groups in total. The predicted molar refractivity (Wildman–Crippen MR) is 154 cm³/mol. The van der Waals surface area contributed by atoms with E-state index in [2.05, 4.69) is 20.0 Å². The third kappa shape index (κ3) is 7.09. The fourth-order valence-electron chi connectivity index (χ4n) is 3.94. The van der Waals surface area contributed by atoms with Crippen LogP contribution in [0.25, 0.3) is 10.8 Å². The van der Waals surface area contributed by atoms with Gasteiger partial charge >= 0.3 is 0 Å². The first-order chi connectivity index (χ1) is 19.1. The third-order valence-electron chi connectivity index (χ3n) is 5.85. The summed E-state index contributed by atoms with van der Waals surface area (Å²) in [5.41, 5.74) is 9.73. The molecule has 2 aromatic carbocycles. The average molecular weight is 582 g/mol. The lowest BCUT2D eigenvalue weighted by Crippen LogP contribution is -2.43. The average Bonchev–Trinajstić information content (AvgIpc) is 3.47. The molecule has 1 atom stereocenters. The molecule has 0 radical (unpaired) electrons. The van der Waals surface area contributed by atoms with Crippen molar-refractivity contribution in [2.75, 3.05) is 11.3 Å².